The van der Waals surface area contributed by atoms with E-state index in [2.05, 4.69) is 5.32 Å². The second kappa shape index (κ2) is 5.07. The Morgan fingerprint density at radius 2 is 1.64 bits per heavy atom. The number of nitrogens with zero attached hydrogens (tertiary/aromatic N) is 1. The number of carbonyl (C=O) groups excluding carboxylic acids is 3. The molecule has 3 rings (SSSR count). The SMILES string of the molecule is CNC(=O)c1cc(F)ccc1N1C(=O)c2ccccc2C1=O. The van der Waals surface area contributed by atoms with E-state index in [1.165, 1.54) is 13.1 Å². The van der Waals surface area contributed by atoms with Gasteiger partial charge in [-0.3, -0.25) is 14.4 Å². The molecule has 0 aromatic heterocycles. The number of benzene rings is 2. The highest BCUT2D eigenvalue weighted by Crippen LogP contribution is 2.31. The molecule has 5 nitrogen and oxygen atoms in total. The van der Waals surface area contributed by atoms with Crippen molar-refractivity contribution in [1.29, 1.82) is 0 Å². The summed E-state index contributed by atoms with van der Waals surface area (Å²) in [6.07, 6.45) is 0. The smallest absolute Gasteiger partial charge is 0.266 e. The zero-order valence-corrected chi connectivity index (χ0v) is 11.6. The summed E-state index contributed by atoms with van der Waals surface area (Å²) in [7, 11) is 1.39. The first-order valence-electron chi connectivity index (χ1n) is 6.54. The summed E-state index contributed by atoms with van der Waals surface area (Å²) in [5.41, 5.74) is 0.517. The molecular formula is C16H11FN2O3. The molecule has 1 aliphatic rings. The van der Waals surface area contributed by atoms with Gasteiger partial charge in [0.05, 0.1) is 22.4 Å². The van der Waals surface area contributed by atoms with Crippen molar-refractivity contribution in [2.24, 2.45) is 0 Å². The Labute approximate surface area is 125 Å². The molecule has 3 amide bonds. The number of carbonyl (C=O) groups is 3. The van der Waals surface area contributed by atoms with Crippen LogP contribution in [0.4, 0.5) is 10.1 Å². The average molecular weight is 298 g/mol. The predicted octanol–water partition coefficient (Wildman–Crippen LogP) is 1.99. The summed E-state index contributed by atoms with van der Waals surface area (Å²) in [5.74, 6) is -2.26. The van der Waals surface area contributed by atoms with Crippen LogP contribution in [0.15, 0.2) is 42.5 Å². The number of anilines is 1. The Bertz CT molecular complexity index is 782. The van der Waals surface area contributed by atoms with Crippen LogP contribution in [0, 0.1) is 5.82 Å². The monoisotopic (exact) mass is 298 g/mol. The molecule has 2 aromatic carbocycles. The Morgan fingerprint density at radius 1 is 1.05 bits per heavy atom. The van der Waals surface area contributed by atoms with Gasteiger partial charge in [0, 0.05) is 7.05 Å². The molecule has 110 valence electrons. The lowest BCUT2D eigenvalue weighted by Crippen LogP contribution is -2.32. The van der Waals surface area contributed by atoms with Crippen molar-refractivity contribution in [2.45, 2.75) is 0 Å². The molecule has 0 bridgehead atoms. The Morgan fingerprint density at radius 3 is 2.18 bits per heavy atom. The van der Waals surface area contributed by atoms with Crippen molar-refractivity contribution in [3.05, 3.63) is 65.0 Å². The number of hydrogen-bond acceptors (Lipinski definition) is 3. The quantitative estimate of drug-likeness (QED) is 0.862. The highest BCUT2D eigenvalue weighted by Gasteiger charge is 2.38. The number of fused-ring (bicyclic) bond motifs is 1. The third kappa shape index (κ3) is 1.96. The number of rotatable bonds is 2. The van der Waals surface area contributed by atoms with E-state index < -0.39 is 23.5 Å². The van der Waals surface area contributed by atoms with Crippen LogP contribution in [-0.4, -0.2) is 24.8 Å². The third-order valence-electron chi connectivity index (χ3n) is 3.47. The topological polar surface area (TPSA) is 66.5 Å². The number of amides is 3. The van der Waals surface area contributed by atoms with Gasteiger partial charge < -0.3 is 5.32 Å². The number of nitrogens with one attached hydrogen (secondary N) is 1. The maximum absolute atomic E-state index is 13.4. The van der Waals surface area contributed by atoms with Crippen LogP contribution < -0.4 is 10.2 Å². The molecule has 0 radical (unpaired) electrons. The molecule has 1 aliphatic heterocycles. The van der Waals surface area contributed by atoms with Crippen molar-refractivity contribution >= 4 is 23.4 Å². The van der Waals surface area contributed by atoms with Crippen LogP contribution >= 0.6 is 0 Å². The molecule has 0 spiro atoms. The number of imide groups is 1. The van der Waals surface area contributed by atoms with Gasteiger partial charge in [-0.2, -0.15) is 0 Å². The van der Waals surface area contributed by atoms with Gasteiger partial charge in [-0.1, -0.05) is 12.1 Å². The maximum Gasteiger partial charge on any atom is 0.266 e. The van der Waals surface area contributed by atoms with Gasteiger partial charge in [-0.25, -0.2) is 9.29 Å². The van der Waals surface area contributed by atoms with Crippen LogP contribution in [0.2, 0.25) is 0 Å². The van der Waals surface area contributed by atoms with E-state index in [0.717, 1.165) is 17.0 Å². The molecule has 1 N–H and O–H groups in total. The fourth-order valence-corrected chi connectivity index (χ4v) is 2.43. The normalized spacial score (nSPS) is 13.3. The fourth-order valence-electron chi connectivity index (χ4n) is 2.43. The van der Waals surface area contributed by atoms with Crippen LogP contribution in [0.25, 0.3) is 0 Å². The minimum absolute atomic E-state index is 0.0620. The molecule has 6 heteroatoms. The van der Waals surface area contributed by atoms with Crippen LogP contribution in [0.3, 0.4) is 0 Å². The second-order valence-corrected chi connectivity index (χ2v) is 4.73. The fraction of sp³-hybridized carbons (Fsp3) is 0.0625. The highest BCUT2D eigenvalue weighted by molar-refractivity contribution is 6.35. The Hall–Kier alpha value is -3.02. The van der Waals surface area contributed by atoms with Gasteiger partial charge >= 0.3 is 0 Å². The lowest BCUT2D eigenvalue weighted by molar-refractivity contribution is 0.0926. The summed E-state index contributed by atoms with van der Waals surface area (Å²) < 4.78 is 13.4. The molecule has 22 heavy (non-hydrogen) atoms. The first-order valence-corrected chi connectivity index (χ1v) is 6.54. The van der Waals surface area contributed by atoms with Crippen molar-refractivity contribution in [1.82, 2.24) is 5.32 Å². The third-order valence-corrected chi connectivity index (χ3v) is 3.47. The van der Waals surface area contributed by atoms with Gasteiger partial charge in [0.2, 0.25) is 0 Å². The lowest BCUT2D eigenvalue weighted by Gasteiger charge is -2.17. The molecule has 0 atom stereocenters. The summed E-state index contributed by atoms with van der Waals surface area (Å²) in [4.78, 5) is 37.7. The van der Waals surface area contributed by atoms with Crippen LogP contribution in [0.1, 0.15) is 31.1 Å². The van der Waals surface area contributed by atoms with E-state index in [-0.39, 0.29) is 22.4 Å². The van der Waals surface area contributed by atoms with Crippen molar-refractivity contribution in [3.8, 4) is 0 Å². The van der Waals surface area contributed by atoms with Gasteiger partial charge in [0.15, 0.2) is 0 Å². The highest BCUT2D eigenvalue weighted by atomic mass is 19.1. The van der Waals surface area contributed by atoms with Crippen molar-refractivity contribution < 1.29 is 18.8 Å². The molecule has 1 heterocycles. The molecule has 2 aromatic rings. The second-order valence-electron chi connectivity index (χ2n) is 4.73. The summed E-state index contributed by atoms with van der Waals surface area (Å²) in [5, 5.41) is 2.37. The lowest BCUT2D eigenvalue weighted by atomic mass is 10.1. The first kappa shape index (κ1) is 13.9. The van der Waals surface area contributed by atoms with E-state index in [1.807, 2.05) is 0 Å². The summed E-state index contributed by atoms with van der Waals surface area (Å²) >= 11 is 0. The Balaban J connectivity index is 2.16. The van der Waals surface area contributed by atoms with E-state index in [4.69, 9.17) is 0 Å². The van der Waals surface area contributed by atoms with E-state index in [9.17, 15) is 18.8 Å². The minimum atomic E-state index is -0.626. The summed E-state index contributed by atoms with van der Waals surface area (Å²) in [6.45, 7) is 0. The molecule has 0 saturated heterocycles. The Kier molecular flexibility index (Phi) is 3.21. The molecule has 0 saturated carbocycles. The van der Waals surface area contributed by atoms with Gasteiger partial charge in [0.25, 0.3) is 17.7 Å². The van der Waals surface area contributed by atoms with Crippen LogP contribution in [0.5, 0.6) is 0 Å². The van der Waals surface area contributed by atoms with Crippen molar-refractivity contribution in [2.75, 3.05) is 11.9 Å². The summed E-state index contributed by atoms with van der Waals surface area (Å²) in [6, 6.07) is 9.73. The molecule has 0 aliphatic carbocycles. The largest absolute Gasteiger partial charge is 0.355 e. The van der Waals surface area contributed by atoms with Crippen molar-refractivity contribution in [3.63, 3.8) is 0 Å². The molecular weight excluding hydrogens is 287 g/mol. The van der Waals surface area contributed by atoms with E-state index in [0.29, 0.717) is 0 Å². The zero-order chi connectivity index (χ0) is 15.9. The number of hydrogen-bond donors (Lipinski definition) is 1. The average Bonchev–Trinajstić information content (AvgIpc) is 2.79. The maximum atomic E-state index is 13.4. The van der Waals surface area contributed by atoms with E-state index >= 15 is 0 Å². The van der Waals surface area contributed by atoms with Crippen LogP contribution in [-0.2, 0) is 0 Å². The molecule has 0 unspecified atom stereocenters. The zero-order valence-electron chi connectivity index (χ0n) is 11.6. The molecule has 0 fully saturated rings. The number of halogens is 1. The predicted molar refractivity (Wildman–Crippen MR) is 77.4 cm³/mol. The van der Waals surface area contributed by atoms with Gasteiger partial charge in [-0.05, 0) is 30.3 Å². The van der Waals surface area contributed by atoms with Gasteiger partial charge in [0.1, 0.15) is 5.82 Å². The van der Waals surface area contributed by atoms with Gasteiger partial charge in [-0.15, -0.1) is 0 Å². The van der Waals surface area contributed by atoms with E-state index in [1.54, 1.807) is 24.3 Å². The first-order chi connectivity index (χ1) is 10.5. The standard InChI is InChI=1S/C16H11FN2O3/c1-18-14(20)12-8-9(17)6-7-13(12)19-15(21)10-4-2-3-5-11(10)16(19)22/h2-8H,1H3,(H,18,20). The minimum Gasteiger partial charge on any atom is -0.355 e.